The van der Waals surface area contributed by atoms with Crippen LogP contribution in [0.4, 0.5) is 5.69 Å². The SMILES string of the molecule is Cc1ccc(C(NC(=O)Cc2ccc3[nH]cc(CCC(=O)O)c3c2)c2ccc(C)o2)c(N2CCCCC2)c1. The highest BCUT2D eigenvalue weighted by Gasteiger charge is 2.26. The molecule has 5 rings (SSSR count). The number of carbonyl (C=O) groups is 2. The van der Waals surface area contributed by atoms with E-state index in [0.29, 0.717) is 6.42 Å². The number of aromatic amines is 1. The number of aromatic nitrogens is 1. The van der Waals surface area contributed by atoms with Crippen LogP contribution in [0.3, 0.4) is 0 Å². The van der Waals surface area contributed by atoms with Gasteiger partial charge in [-0.05, 0) is 86.6 Å². The lowest BCUT2D eigenvalue weighted by molar-refractivity contribution is -0.137. The van der Waals surface area contributed by atoms with Crippen LogP contribution in [0.5, 0.6) is 0 Å². The second kappa shape index (κ2) is 11.2. The summed E-state index contributed by atoms with van der Waals surface area (Å²) in [6.45, 7) is 6.03. The number of benzene rings is 2. The molecule has 1 aliphatic rings. The van der Waals surface area contributed by atoms with Gasteiger partial charge in [-0.2, -0.15) is 0 Å². The number of anilines is 1. The predicted molar refractivity (Wildman–Crippen MR) is 149 cm³/mol. The minimum Gasteiger partial charge on any atom is -0.481 e. The van der Waals surface area contributed by atoms with Gasteiger partial charge in [0.2, 0.25) is 5.91 Å². The zero-order chi connectivity index (χ0) is 26.6. The average Bonchev–Trinajstić information content (AvgIpc) is 3.52. The molecule has 198 valence electrons. The normalized spacial score (nSPS) is 14.5. The number of furan rings is 1. The number of nitrogens with one attached hydrogen (secondary N) is 2. The third-order valence-corrected chi connectivity index (χ3v) is 7.35. The molecule has 1 aliphatic heterocycles. The zero-order valence-electron chi connectivity index (χ0n) is 22.0. The Morgan fingerprint density at radius 1 is 1.05 bits per heavy atom. The summed E-state index contributed by atoms with van der Waals surface area (Å²) in [5, 5.41) is 13.3. The number of amides is 1. The molecule has 3 heterocycles. The van der Waals surface area contributed by atoms with Crippen LogP contribution in [0.2, 0.25) is 0 Å². The largest absolute Gasteiger partial charge is 0.481 e. The summed E-state index contributed by atoms with van der Waals surface area (Å²) in [6.07, 6.45) is 6.15. The van der Waals surface area contributed by atoms with Gasteiger partial charge in [-0.15, -0.1) is 0 Å². The van der Waals surface area contributed by atoms with E-state index in [1.54, 1.807) is 0 Å². The summed E-state index contributed by atoms with van der Waals surface area (Å²) in [6, 6.07) is 15.8. The quantitative estimate of drug-likeness (QED) is 0.261. The highest BCUT2D eigenvalue weighted by molar-refractivity contribution is 5.86. The predicted octanol–water partition coefficient (Wildman–Crippen LogP) is 5.83. The first-order chi connectivity index (χ1) is 18.4. The molecule has 0 saturated carbocycles. The number of carboxylic acids is 1. The first-order valence-corrected chi connectivity index (χ1v) is 13.4. The molecule has 0 radical (unpaired) electrons. The van der Waals surface area contributed by atoms with Crippen molar-refractivity contribution < 1.29 is 19.1 Å². The number of nitrogens with zero attached hydrogens (tertiary/aromatic N) is 1. The molecule has 7 heteroatoms. The fourth-order valence-electron chi connectivity index (χ4n) is 5.40. The van der Waals surface area contributed by atoms with Gasteiger partial charge in [-0.1, -0.05) is 18.2 Å². The Morgan fingerprint density at radius 2 is 1.87 bits per heavy atom. The van der Waals surface area contributed by atoms with Crippen molar-refractivity contribution >= 4 is 28.5 Å². The third kappa shape index (κ3) is 5.77. The third-order valence-electron chi connectivity index (χ3n) is 7.35. The van der Waals surface area contributed by atoms with Crippen molar-refractivity contribution in [2.24, 2.45) is 0 Å². The maximum atomic E-state index is 13.5. The molecule has 0 aliphatic carbocycles. The summed E-state index contributed by atoms with van der Waals surface area (Å²) in [5.74, 6) is 0.595. The van der Waals surface area contributed by atoms with Gasteiger partial charge in [0, 0.05) is 47.9 Å². The van der Waals surface area contributed by atoms with Gasteiger partial charge >= 0.3 is 5.97 Å². The van der Waals surface area contributed by atoms with Gasteiger partial charge in [0.05, 0.1) is 6.42 Å². The molecule has 0 spiro atoms. The Labute approximate surface area is 222 Å². The zero-order valence-corrected chi connectivity index (χ0v) is 22.0. The standard InChI is InChI=1S/C31H35N3O4/c1-20-6-10-24(27(16-20)34-14-4-3-5-15-34)31(28-12-7-21(2)38-28)33-29(35)18-22-8-11-26-25(17-22)23(19-32-26)9-13-30(36)37/h6-8,10-12,16-17,19,31-32H,3-5,9,13-15,18H2,1-2H3,(H,33,35)(H,36,37). The molecule has 1 fully saturated rings. The Morgan fingerprint density at radius 3 is 2.61 bits per heavy atom. The van der Waals surface area contributed by atoms with Crippen LogP contribution in [-0.4, -0.2) is 35.1 Å². The van der Waals surface area contributed by atoms with Crippen LogP contribution < -0.4 is 10.2 Å². The van der Waals surface area contributed by atoms with Crippen molar-refractivity contribution in [2.45, 2.75) is 58.4 Å². The van der Waals surface area contributed by atoms with E-state index in [9.17, 15) is 9.59 Å². The number of aryl methyl sites for hydroxylation is 3. The molecule has 1 unspecified atom stereocenters. The summed E-state index contributed by atoms with van der Waals surface area (Å²) >= 11 is 0. The lowest BCUT2D eigenvalue weighted by atomic mass is 9.97. The van der Waals surface area contributed by atoms with Gasteiger partial charge in [-0.25, -0.2) is 0 Å². The summed E-state index contributed by atoms with van der Waals surface area (Å²) in [5.41, 5.74) is 6.14. The number of aliphatic carboxylic acids is 1. The lowest BCUT2D eigenvalue weighted by Gasteiger charge is -2.32. The monoisotopic (exact) mass is 513 g/mol. The van der Waals surface area contributed by atoms with Crippen LogP contribution >= 0.6 is 0 Å². The van der Waals surface area contributed by atoms with Crippen LogP contribution in [0.15, 0.2) is 59.1 Å². The number of piperidine rings is 1. The Kier molecular flexibility index (Phi) is 7.54. The molecule has 1 saturated heterocycles. The average molecular weight is 514 g/mol. The Hall–Kier alpha value is -4.00. The van der Waals surface area contributed by atoms with Crippen LogP contribution in [0.25, 0.3) is 10.9 Å². The molecule has 3 N–H and O–H groups in total. The Bertz CT molecular complexity index is 1440. The minimum atomic E-state index is -0.825. The highest BCUT2D eigenvalue weighted by atomic mass is 16.4. The minimum absolute atomic E-state index is 0.0673. The molecule has 2 aromatic carbocycles. The van der Waals surface area contributed by atoms with Crippen LogP contribution in [-0.2, 0) is 22.4 Å². The molecule has 4 aromatic rings. The van der Waals surface area contributed by atoms with Crippen molar-refractivity contribution in [3.05, 3.63) is 88.5 Å². The number of hydrogen-bond donors (Lipinski definition) is 3. The highest BCUT2D eigenvalue weighted by Crippen LogP contribution is 2.34. The second-order valence-electron chi connectivity index (χ2n) is 10.3. The van der Waals surface area contributed by atoms with E-state index < -0.39 is 12.0 Å². The summed E-state index contributed by atoms with van der Waals surface area (Å²) in [4.78, 5) is 30.1. The van der Waals surface area contributed by atoms with Gasteiger partial charge in [0.15, 0.2) is 0 Å². The number of fused-ring (bicyclic) bond motifs is 1. The fourth-order valence-corrected chi connectivity index (χ4v) is 5.40. The molecule has 1 atom stereocenters. The number of carboxylic acid groups (broad SMARTS) is 1. The first kappa shape index (κ1) is 25.6. The van der Waals surface area contributed by atoms with E-state index in [-0.39, 0.29) is 18.7 Å². The van der Waals surface area contributed by atoms with E-state index in [4.69, 9.17) is 9.52 Å². The van der Waals surface area contributed by atoms with Gasteiger partial charge < -0.3 is 24.7 Å². The molecule has 38 heavy (non-hydrogen) atoms. The van der Waals surface area contributed by atoms with E-state index >= 15 is 0 Å². The van der Waals surface area contributed by atoms with Gasteiger partial charge in [0.25, 0.3) is 0 Å². The molecular formula is C31H35N3O4. The van der Waals surface area contributed by atoms with E-state index in [1.807, 2.05) is 43.5 Å². The van der Waals surface area contributed by atoms with E-state index in [0.717, 1.165) is 57.9 Å². The molecule has 1 amide bonds. The number of rotatable bonds is 9. The van der Waals surface area contributed by atoms with Crippen LogP contribution in [0.1, 0.15) is 65.5 Å². The molecule has 2 aromatic heterocycles. The van der Waals surface area contributed by atoms with Crippen molar-refractivity contribution in [1.82, 2.24) is 10.3 Å². The molecular weight excluding hydrogens is 478 g/mol. The van der Waals surface area contributed by atoms with E-state index in [1.165, 1.54) is 24.8 Å². The maximum Gasteiger partial charge on any atom is 0.303 e. The number of H-pyrrole nitrogens is 1. The smallest absolute Gasteiger partial charge is 0.303 e. The van der Waals surface area contributed by atoms with E-state index in [2.05, 4.69) is 40.3 Å². The molecule has 0 bridgehead atoms. The maximum absolute atomic E-state index is 13.5. The van der Waals surface area contributed by atoms with Crippen molar-refractivity contribution in [3.63, 3.8) is 0 Å². The van der Waals surface area contributed by atoms with Crippen molar-refractivity contribution in [1.29, 1.82) is 0 Å². The number of hydrogen-bond acceptors (Lipinski definition) is 4. The second-order valence-corrected chi connectivity index (χ2v) is 10.3. The topological polar surface area (TPSA) is 98.6 Å². The van der Waals surface area contributed by atoms with Crippen molar-refractivity contribution in [2.75, 3.05) is 18.0 Å². The number of carbonyl (C=O) groups excluding carboxylic acids is 1. The summed E-state index contributed by atoms with van der Waals surface area (Å²) < 4.78 is 6.05. The lowest BCUT2D eigenvalue weighted by Crippen LogP contribution is -2.34. The first-order valence-electron chi connectivity index (χ1n) is 13.4. The summed E-state index contributed by atoms with van der Waals surface area (Å²) in [7, 11) is 0. The van der Waals surface area contributed by atoms with Gasteiger partial charge in [0.1, 0.15) is 17.6 Å². The van der Waals surface area contributed by atoms with Crippen molar-refractivity contribution in [3.8, 4) is 0 Å². The fraction of sp³-hybridized carbons (Fsp3) is 0.355. The Balaban J connectivity index is 1.42. The van der Waals surface area contributed by atoms with Crippen LogP contribution in [0, 0.1) is 13.8 Å². The molecule has 7 nitrogen and oxygen atoms in total. The van der Waals surface area contributed by atoms with Gasteiger partial charge in [-0.3, -0.25) is 9.59 Å².